The SMILES string of the molecule is COC(=O)CCCS(=O)(=O)Nc1cncc(Cl)n1. The molecule has 0 bridgehead atoms. The molecule has 0 radical (unpaired) electrons. The smallest absolute Gasteiger partial charge is 0.305 e. The lowest BCUT2D eigenvalue weighted by molar-refractivity contribution is -0.140. The Labute approximate surface area is 110 Å². The highest BCUT2D eigenvalue weighted by Gasteiger charge is 2.13. The molecule has 0 spiro atoms. The minimum atomic E-state index is -3.57. The summed E-state index contributed by atoms with van der Waals surface area (Å²) >= 11 is 5.57. The summed E-state index contributed by atoms with van der Waals surface area (Å²) in [6.07, 6.45) is 2.73. The summed E-state index contributed by atoms with van der Waals surface area (Å²) in [6, 6.07) is 0. The number of rotatable bonds is 6. The van der Waals surface area contributed by atoms with Crippen molar-refractivity contribution in [2.45, 2.75) is 12.8 Å². The molecule has 0 fully saturated rings. The monoisotopic (exact) mass is 293 g/mol. The highest BCUT2D eigenvalue weighted by Crippen LogP contribution is 2.09. The lowest BCUT2D eigenvalue weighted by Crippen LogP contribution is -2.18. The normalized spacial score (nSPS) is 11.0. The zero-order chi connectivity index (χ0) is 13.6. The van der Waals surface area contributed by atoms with Crippen molar-refractivity contribution in [2.75, 3.05) is 17.6 Å². The number of hydrogen-bond acceptors (Lipinski definition) is 6. The van der Waals surface area contributed by atoms with Gasteiger partial charge < -0.3 is 4.74 Å². The van der Waals surface area contributed by atoms with Gasteiger partial charge in [-0.1, -0.05) is 11.6 Å². The second-order valence-electron chi connectivity index (χ2n) is 3.33. The average Bonchev–Trinajstić information content (AvgIpc) is 2.27. The van der Waals surface area contributed by atoms with E-state index in [-0.39, 0.29) is 29.6 Å². The maximum atomic E-state index is 11.6. The van der Waals surface area contributed by atoms with Gasteiger partial charge in [0.1, 0.15) is 5.15 Å². The van der Waals surface area contributed by atoms with Crippen molar-refractivity contribution in [3.05, 3.63) is 17.5 Å². The Morgan fingerprint density at radius 1 is 1.50 bits per heavy atom. The molecule has 0 amide bonds. The number of anilines is 1. The summed E-state index contributed by atoms with van der Waals surface area (Å²) in [7, 11) is -2.33. The van der Waals surface area contributed by atoms with Crippen molar-refractivity contribution in [2.24, 2.45) is 0 Å². The van der Waals surface area contributed by atoms with Crippen LogP contribution >= 0.6 is 11.6 Å². The molecule has 0 aliphatic rings. The first-order valence-corrected chi connectivity index (χ1v) is 7.01. The first-order chi connectivity index (χ1) is 8.43. The van der Waals surface area contributed by atoms with Gasteiger partial charge in [0.05, 0.1) is 25.3 Å². The Morgan fingerprint density at radius 2 is 2.22 bits per heavy atom. The molecule has 0 aromatic carbocycles. The van der Waals surface area contributed by atoms with Crippen LogP contribution in [-0.2, 0) is 19.6 Å². The lowest BCUT2D eigenvalue weighted by Gasteiger charge is -2.06. The number of carbonyl (C=O) groups is 1. The third kappa shape index (κ3) is 5.28. The van der Waals surface area contributed by atoms with Crippen LogP contribution in [0.4, 0.5) is 5.82 Å². The maximum absolute atomic E-state index is 11.6. The van der Waals surface area contributed by atoms with Crippen molar-refractivity contribution in [1.82, 2.24) is 9.97 Å². The van der Waals surface area contributed by atoms with Gasteiger partial charge in [-0.25, -0.2) is 13.4 Å². The predicted molar refractivity (Wildman–Crippen MR) is 65.7 cm³/mol. The van der Waals surface area contributed by atoms with E-state index in [2.05, 4.69) is 19.4 Å². The van der Waals surface area contributed by atoms with Crippen LogP contribution < -0.4 is 4.72 Å². The number of sulfonamides is 1. The van der Waals surface area contributed by atoms with Crippen molar-refractivity contribution in [3.63, 3.8) is 0 Å². The number of nitrogens with one attached hydrogen (secondary N) is 1. The van der Waals surface area contributed by atoms with E-state index in [1.54, 1.807) is 0 Å². The van der Waals surface area contributed by atoms with E-state index >= 15 is 0 Å². The van der Waals surface area contributed by atoms with Crippen LogP contribution in [0.5, 0.6) is 0 Å². The van der Waals surface area contributed by atoms with Crippen LogP contribution in [0.3, 0.4) is 0 Å². The van der Waals surface area contributed by atoms with Gasteiger partial charge in [-0.3, -0.25) is 14.5 Å². The highest BCUT2D eigenvalue weighted by molar-refractivity contribution is 7.92. The summed E-state index contributed by atoms with van der Waals surface area (Å²) in [5.74, 6) is -0.621. The van der Waals surface area contributed by atoms with Gasteiger partial charge in [0, 0.05) is 6.42 Å². The Hall–Kier alpha value is -1.41. The number of halogens is 1. The predicted octanol–water partition coefficient (Wildman–Crippen LogP) is 0.825. The molecule has 1 aromatic heterocycles. The summed E-state index contributed by atoms with van der Waals surface area (Å²) < 4.78 is 29.8. The molecule has 9 heteroatoms. The van der Waals surface area contributed by atoms with E-state index in [0.717, 1.165) is 0 Å². The quantitative estimate of drug-likeness (QED) is 0.780. The van der Waals surface area contributed by atoms with Gasteiger partial charge in [0.2, 0.25) is 10.0 Å². The number of hydrogen-bond donors (Lipinski definition) is 1. The Kier molecular flexibility index (Phi) is 5.29. The molecule has 1 aromatic rings. The number of methoxy groups -OCH3 is 1. The molecule has 7 nitrogen and oxygen atoms in total. The van der Waals surface area contributed by atoms with Gasteiger partial charge in [-0.05, 0) is 6.42 Å². The van der Waals surface area contributed by atoms with Gasteiger partial charge >= 0.3 is 5.97 Å². The van der Waals surface area contributed by atoms with Gasteiger partial charge in [-0.15, -0.1) is 0 Å². The van der Waals surface area contributed by atoms with Crippen molar-refractivity contribution in [1.29, 1.82) is 0 Å². The van der Waals surface area contributed by atoms with Crippen LogP contribution in [0.25, 0.3) is 0 Å². The second kappa shape index (κ2) is 6.50. The van der Waals surface area contributed by atoms with E-state index in [1.165, 1.54) is 19.5 Å². The first kappa shape index (κ1) is 14.7. The molecule has 0 aliphatic heterocycles. The third-order valence-electron chi connectivity index (χ3n) is 1.89. The van der Waals surface area contributed by atoms with Crippen LogP contribution in [-0.4, -0.2) is 37.2 Å². The van der Waals surface area contributed by atoms with Gasteiger partial charge in [0.15, 0.2) is 5.82 Å². The molecule has 1 heterocycles. The van der Waals surface area contributed by atoms with E-state index in [1.807, 2.05) is 0 Å². The van der Waals surface area contributed by atoms with E-state index in [9.17, 15) is 13.2 Å². The van der Waals surface area contributed by atoms with Crippen molar-refractivity contribution in [3.8, 4) is 0 Å². The number of esters is 1. The summed E-state index contributed by atoms with van der Waals surface area (Å²) in [6.45, 7) is 0. The molecule has 1 N–H and O–H groups in total. The number of aromatic nitrogens is 2. The standard InChI is InChI=1S/C9H12ClN3O4S/c1-17-9(14)3-2-4-18(15,16)13-8-6-11-5-7(10)12-8/h5-6H,2-4H2,1H3,(H,12,13). The largest absolute Gasteiger partial charge is 0.469 e. The molecular formula is C9H12ClN3O4S. The Balaban J connectivity index is 2.52. The Bertz CT molecular complexity index is 520. The molecule has 0 saturated carbocycles. The fourth-order valence-corrected chi connectivity index (χ4v) is 2.30. The summed E-state index contributed by atoms with van der Waals surface area (Å²) in [5, 5.41) is 0.0877. The molecule has 100 valence electrons. The van der Waals surface area contributed by atoms with E-state index < -0.39 is 16.0 Å². The molecule has 18 heavy (non-hydrogen) atoms. The molecule has 1 rings (SSSR count). The number of ether oxygens (including phenoxy) is 1. The second-order valence-corrected chi connectivity index (χ2v) is 5.56. The molecule has 0 unspecified atom stereocenters. The summed E-state index contributed by atoms with van der Waals surface area (Å²) in [4.78, 5) is 18.3. The minimum Gasteiger partial charge on any atom is -0.469 e. The third-order valence-corrected chi connectivity index (χ3v) is 3.42. The maximum Gasteiger partial charge on any atom is 0.305 e. The average molecular weight is 294 g/mol. The fourth-order valence-electron chi connectivity index (χ4n) is 1.11. The molecular weight excluding hydrogens is 282 g/mol. The first-order valence-electron chi connectivity index (χ1n) is 4.98. The topological polar surface area (TPSA) is 98.2 Å². The van der Waals surface area contributed by atoms with Crippen LogP contribution in [0.1, 0.15) is 12.8 Å². The number of nitrogens with zero attached hydrogens (tertiary/aromatic N) is 2. The summed E-state index contributed by atoms with van der Waals surface area (Å²) in [5.41, 5.74) is 0. The highest BCUT2D eigenvalue weighted by atomic mass is 35.5. The van der Waals surface area contributed by atoms with Crippen LogP contribution in [0, 0.1) is 0 Å². The van der Waals surface area contributed by atoms with Crippen molar-refractivity contribution >= 4 is 33.4 Å². The zero-order valence-electron chi connectivity index (χ0n) is 9.59. The number of carbonyl (C=O) groups excluding carboxylic acids is 1. The van der Waals surface area contributed by atoms with Crippen molar-refractivity contribution < 1.29 is 17.9 Å². The van der Waals surface area contributed by atoms with Crippen LogP contribution in [0.2, 0.25) is 5.15 Å². The molecule has 0 aliphatic carbocycles. The van der Waals surface area contributed by atoms with E-state index in [4.69, 9.17) is 11.6 Å². The van der Waals surface area contributed by atoms with Gasteiger partial charge in [-0.2, -0.15) is 0 Å². The molecule has 0 atom stereocenters. The lowest BCUT2D eigenvalue weighted by atomic mass is 10.3. The Morgan fingerprint density at radius 3 is 2.83 bits per heavy atom. The fraction of sp³-hybridized carbons (Fsp3) is 0.444. The zero-order valence-corrected chi connectivity index (χ0v) is 11.2. The van der Waals surface area contributed by atoms with Gasteiger partial charge in [0.25, 0.3) is 0 Å². The molecule has 0 saturated heterocycles. The van der Waals surface area contributed by atoms with Crippen LogP contribution in [0.15, 0.2) is 12.4 Å². The van der Waals surface area contributed by atoms with E-state index in [0.29, 0.717) is 0 Å². The minimum absolute atomic E-state index is 0.0403.